The standard InChI is InChI=1S/C17H28N2O3/c1-12(2)19(13(3)4)10-9-18-17(20)15-8-7-14(21-5)11-16(15)22-6/h7-8,11-13H,9-10H2,1-6H3,(H,18,20). The molecule has 1 amide bonds. The molecule has 5 nitrogen and oxygen atoms in total. The van der Waals surface area contributed by atoms with Crippen LogP contribution in [0.5, 0.6) is 11.5 Å². The van der Waals surface area contributed by atoms with E-state index < -0.39 is 0 Å². The number of hydrogen-bond donors (Lipinski definition) is 1. The first-order valence-electron chi connectivity index (χ1n) is 7.66. The normalized spacial score (nSPS) is 11.1. The molecule has 0 fully saturated rings. The monoisotopic (exact) mass is 308 g/mol. The highest BCUT2D eigenvalue weighted by atomic mass is 16.5. The summed E-state index contributed by atoms with van der Waals surface area (Å²) in [5.41, 5.74) is 0.518. The first-order chi connectivity index (χ1) is 10.4. The molecule has 5 heteroatoms. The fourth-order valence-electron chi connectivity index (χ4n) is 2.49. The molecule has 0 saturated carbocycles. The van der Waals surface area contributed by atoms with E-state index in [9.17, 15) is 4.79 Å². The number of methoxy groups -OCH3 is 2. The van der Waals surface area contributed by atoms with Crippen LogP contribution in [0.4, 0.5) is 0 Å². The highest BCUT2D eigenvalue weighted by Crippen LogP contribution is 2.24. The summed E-state index contributed by atoms with van der Waals surface area (Å²) < 4.78 is 10.4. The number of ether oxygens (including phenoxy) is 2. The molecule has 1 aromatic rings. The molecule has 0 spiro atoms. The number of nitrogens with one attached hydrogen (secondary N) is 1. The van der Waals surface area contributed by atoms with Crippen molar-refractivity contribution in [3.63, 3.8) is 0 Å². The third-order valence-corrected chi connectivity index (χ3v) is 3.64. The Morgan fingerprint density at radius 1 is 1.14 bits per heavy atom. The Labute approximate surface area is 133 Å². The van der Waals surface area contributed by atoms with E-state index in [0.717, 1.165) is 6.54 Å². The van der Waals surface area contributed by atoms with Gasteiger partial charge in [-0.1, -0.05) is 0 Å². The number of nitrogens with zero attached hydrogens (tertiary/aromatic N) is 1. The van der Waals surface area contributed by atoms with Crippen LogP contribution in [-0.2, 0) is 0 Å². The summed E-state index contributed by atoms with van der Waals surface area (Å²) in [6.07, 6.45) is 0. The second-order valence-electron chi connectivity index (χ2n) is 5.75. The van der Waals surface area contributed by atoms with E-state index in [0.29, 0.717) is 35.7 Å². The molecule has 0 heterocycles. The van der Waals surface area contributed by atoms with Crippen LogP contribution in [0.25, 0.3) is 0 Å². The Hall–Kier alpha value is -1.75. The van der Waals surface area contributed by atoms with Crippen LogP contribution in [0.1, 0.15) is 38.1 Å². The molecule has 0 aliphatic rings. The maximum atomic E-state index is 12.3. The molecule has 0 bridgehead atoms. The van der Waals surface area contributed by atoms with Crippen molar-refractivity contribution in [2.45, 2.75) is 39.8 Å². The number of carbonyl (C=O) groups is 1. The number of amides is 1. The van der Waals surface area contributed by atoms with Gasteiger partial charge in [-0.25, -0.2) is 0 Å². The number of benzene rings is 1. The lowest BCUT2D eigenvalue weighted by Crippen LogP contribution is -2.42. The first kappa shape index (κ1) is 18.3. The van der Waals surface area contributed by atoms with Gasteiger partial charge in [-0.2, -0.15) is 0 Å². The summed E-state index contributed by atoms with van der Waals surface area (Å²) in [4.78, 5) is 14.6. The zero-order valence-electron chi connectivity index (χ0n) is 14.5. The van der Waals surface area contributed by atoms with Gasteiger partial charge < -0.3 is 14.8 Å². The second kappa shape index (κ2) is 8.63. The molecule has 0 aliphatic carbocycles. The quantitative estimate of drug-likeness (QED) is 0.802. The average Bonchev–Trinajstić information content (AvgIpc) is 2.49. The van der Waals surface area contributed by atoms with E-state index >= 15 is 0 Å². The Bertz CT molecular complexity index is 479. The van der Waals surface area contributed by atoms with Gasteiger partial charge in [-0.05, 0) is 39.8 Å². The van der Waals surface area contributed by atoms with Crippen molar-refractivity contribution in [1.82, 2.24) is 10.2 Å². The zero-order chi connectivity index (χ0) is 16.7. The Morgan fingerprint density at radius 2 is 1.77 bits per heavy atom. The van der Waals surface area contributed by atoms with Gasteiger partial charge in [0.05, 0.1) is 19.8 Å². The SMILES string of the molecule is COc1ccc(C(=O)NCCN(C(C)C)C(C)C)c(OC)c1. The molecule has 0 unspecified atom stereocenters. The fourth-order valence-corrected chi connectivity index (χ4v) is 2.49. The van der Waals surface area contributed by atoms with E-state index in [2.05, 4.69) is 37.9 Å². The summed E-state index contributed by atoms with van der Waals surface area (Å²) in [5.74, 6) is 1.05. The van der Waals surface area contributed by atoms with Gasteiger partial charge in [-0.15, -0.1) is 0 Å². The van der Waals surface area contributed by atoms with Crippen molar-refractivity contribution in [3.8, 4) is 11.5 Å². The molecule has 0 aromatic heterocycles. The van der Waals surface area contributed by atoms with Crippen LogP contribution in [0.15, 0.2) is 18.2 Å². The minimum atomic E-state index is -0.132. The maximum absolute atomic E-state index is 12.3. The van der Waals surface area contributed by atoms with Crippen molar-refractivity contribution >= 4 is 5.91 Å². The van der Waals surface area contributed by atoms with Gasteiger partial charge in [0.15, 0.2) is 0 Å². The lowest BCUT2D eigenvalue weighted by molar-refractivity contribution is 0.0936. The third kappa shape index (κ3) is 4.91. The number of carbonyl (C=O) groups excluding carboxylic acids is 1. The Balaban J connectivity index is 2.66. The minimum absolute atomic E-state index is 0.132. The fraction of sp³-hybridized carbons (Fsp3) is 0.588. The molecule has 1 rings (SSSR count). The number of rotatable bonds is 8. The maximum Gasteiger partial charge on any atom is 0.255 e. The molecule has 0 aliphatic heterocycles. The lowest BCUT2D eigenvalue weighted by atomic mass is 10.1. The Morgan fingerprint density at radius 3 is 2.27 bits per heavy atom. The van der Waals surface area contributed by atoms with E-state index in [1.54, 1.807) is 32.4 Å². The van der Waals surface area contributed by atoms with Gasteiger partial charge in [0.25, 0.3) is 5.91 Å². The van der Waals surface area contributed by atoms with Crippen LogP contribution in [0.2, 0.25) is 0 Å². The summed E-state index contributed by atoms with van der Waals surface area (Å²) in [7, 11) is 3.13. The molecule has 124 valence electrons. The van der Waals surface area contributed by atoms with E-state index in [-0.39, 0.29) is 5.91 Å². The predicted octanol–water partition coefficient (Wildman–Crippen LogP) is 2.55. The molecule has 0 saturated heterocycles. The highest BCUT2D eigenvalue weighted by molar-refractivity contribution is 5.97. The summed E-state index contributed by atoms with van der Waals surface area (Å²) in [6, 6.07) is 6.09. The summed E-state index contributed by atoms with van der Waals surface area (Å²) in [6.45, 7) is 10.1. The highest BCUT2D eigenvalue weighted by Gasteiger charge is 2.15. The smallest absolute Gasteiger partial charge is 0.255 e. The lowest BCUT2D eigenvalue weighted by Gasteiger charge is -2.30. The summed E-state index contributed by atoms with van der Waals surface area (Å²) >= 11 is 0. The largest absolute Gasteiger partial charge is 0.497 e. The van der Waals surface area contributed by atoms with Crippen molar-refractivity contribution in [1.29, 1.82) is 0 Å². The molecular weight excluding hydrogens is 280 g/mol. The van der Waals surface area contributed by atoms with Gasteiger partial charge in [0.1, 0.15) is 11.5 Å². The van der Waals surface area contributed by atoms with Crippen LogP contribution in [-0.4, -0.2) is 50.2 Å². The third-order valence-electron chi connectivity index (χ3n) is 3.64. The van der Waals surface area contributed by atoms with Gasteiger partial charge in [-0.3, -0.25) is 9.69 Å². The van der Waals surface area contributed by atoms with Crippen LogP contribution in [0.3, 0.4) is 0 Å². The van der Waals surface area contributed by atoms with Gasteiger partial charge in [0, 0.05) is 31.2 Å². The summed E-state index contributed by atoms with van der Waals surface area (Å²) in [5, 5.41) is 2.95. The first-order valence-corrected chi connectivity index (χ1v) is 7.66. The molecule has 22 heavy (non-hydrogen) atoms. The van der Waals surface area contributed by atoms with Crippen molar-refractivity contribution < 1.29 is 14.3 Å². The van der Waals surface area contributed by atoms with Gasteiger partial charge >= 0.3 is 0 Å². The molecule has 0 atom stereocenters. The zero-order valence-corrected chi connectivity index (χ0v) is 14.5. The second-order valence-corrected chi connectivity index (χ2v) is 5.75. The van der Waals surface area contributed by atoms with Crippen molar-refractivity contribution in [2.24, 2.45) is 0 Å². The molecule has 0 radical (unpaired) electrons. The Kier molecular flexibility index (Phi) is 7.18. The minimum Gasteiger partial charge on any atom is -0.497 e. The van der Waals surface area contributed by atoms with E-state index in [1.165, 1.54) is 0 Å². The van der Waals surface area contributed by atoms with Crippen LogP contribution < -0.4 is 14.8 Å². The van der Waals surface area contributed by atoms with E-state index in [1.807, 2.05) is 0 Å². The van der Waals surface area contributed by atoms with Crippen molar-refractivity contribution in [3.05, 3.63) is 23.8 Å². The van der Waals surface area contributed by atoms with Crippen molar-refractivity contribution in [2.75, 3.05) is 27.3 Å². The van der Waals surface area contributed by atoms with Crippen LogP contribution >= 0.6 is 0 Å². The topological polar surface area (TPSA) is 50.8 Å². The predicted molar refractivity (Wildman–Crippen MR) is 88.9 cm³/mol. The number of hydrogen-bond acceptors (Lipinski definition) is 4. The van der Waals surface area contributed by atoms with E-state index in [4.69, 9.17) is 9.47 Å². The average molecular weight is 308 g/mol. The van der Waals surface area contributed by atoms with Crippen LogP contribution in [0, 0.1) is 0 Å². The van der Waals surface area contributed by atoms with Gasteiger partial charge in [0.2, 0.25) is 0 Å². The molecule has 1 N–H and O–H groups in total. The molecule has 1 aromatic carbocycles. The molecular formula is C17H28N2O3.